The van der Waals surface area contributed by atoms with Crippen LogP contribution in [0.25, 0.3) is 22.6 Å². The summed E-state index contributed by atoms with van der Waals surface area (Å²) in [7, 11) is 0. The standard InChI is InChI=1S/C26H25N3O3/c1-17-3-8-23(26-29-28-18(2)32-26)15-24(17)21-9-11-22(12-10-21)25(31)27-16-20-6-4-19(5-7-20)13-14-30/h3-12,15,30H,13-14,16H2,1-2H3,(H,27,31). The Labute approximate surface area is 187 Å². The summed E-state index contributed by atoms with van der Waals surface area (Å²) in [6.45, 7) is 4.39. The molecule has 1 amide bonds. The van der Waals surface area contributed by atoms with E-state index in [9.17, 15) is 4.79 Å². The number of amides is 1. The van der Waals surface area contributed by atoms with Crippen molar-refractivity contribution >= 4 is 5.91 Å². The summed E-state index contributed by atoms with van der Waals surface area (Å²) < 4.78 is 5.55. The van der Waals surface area contributed by atoms with Gasteiger partial charge in [-0.15, -0.1) is 10.2 Å². The monoisotopic (exact) mass is 427 g/mol. The lowest BCUT2D eigenvalue weighted by Crippen LogP contribution is -2.22. The van der Waals surface area contributed by atoms with E-state index in [4.69, 9.17) is 9.52 Å². The highest BCUT2D eigenvalue weighted by atomic mass is 16.4. The maximum atomic E-state index is 12.6. The minimum atomic E-state index is -0.122. The van der Waals surface area contributed by atoms with Crippen LogP contribution >= 0.6 is 0 Å². The first-order valence-corrected chi connectivity index (χ1v) is 10.5. The van der Waals surface area contributed by atoms with Gasteiger partial charge in [-0.1, -0.05) is 42.5 Å². The lowest BCUT2D eigenvalue weighted by molar-refractivity contribution is 0.0951. The fourth-order valence-corrected chi connectivity index (χ4v) is 3.52. The molecular weight excluding hydrogens is 402 g/mol. The van der Waals surface area contributed by atoms with Gasteiger partial charge in [0.1, 0.15) is 0 Å². The zero-order valence-corrected chi connectivity index (χ0v) is 18.1. The molecule has 3 aromatic carbocycles. The molecule has 0 bridgehead atoms. The Balaban J connectivity index is 1.45. The van der Waals surface area contributed by atoms with Crippen LogP contribution in [0.5, 0.6) is 0 Å². The average Bonchev–Trinajstić information content (AvgIpc) is 3.25. The van der Waals surface area contributed by atoms with Crippen molar-refractivity contribution in [2.45, 2.75) is 26.8 Å². The maximum absolute atomic E-state index is 12.6. The molecule has 0 aliphatic rings. The first-order chi connectivity index (χ1) is 15.5. The van der Waals surface area contributed by atoms with Crippen LogP contribution in [0, 0.1) is 13.8 Å². The molecule has 0 fully saturated rings. The summed E-state index contributed by atoms with van der Waals surface area (Å²) in [4.78, 5) is 12.6. The van der Waals surface area contributed by atoms with E-state index in [0.717, 1.165) is 33.4 Å². The number of rotatable bonds is 7. The van der Waals surface area contributed by atoms with Crippen LogP contribution in [-0.2, 0) is 13.0 Å². The molecule has 6 heteroatoms. The highest BCUT2D eigenvalue weighted by molar-refractivity contribution is 5.94. The van der Waals surface area contributed by atoms with E-state index in [1.165, 1.54) is 0 Å². The van der Waals surface area contributed by atoms with E-state index in [-0.39, 0.29) is 12.5 Å². The van der Waals surface area contributed by atoms with Crippen molar-refractivity contribution in [3.63, 3.8) is 0 Å². The number of benzene rings is 3. The van der Waals surface area contributed by atoms with Gasteiger partial charge in [0.15, 0.2) is 0 Å². The molecule has 0 unspecified atom stereocenters. The molecule has 1 heterocycles. The van der Waals surface area contributed by atoms with Crippen molar-refractivity contribution in [2.75, 3.05) is 6.61 Å². The van der Waals surface area contributed by atoms with Gasteiger partial charge < -0.3 is 14.8 Å². The highest BCUT2D eigenvalue weighted by Crippen LogP contribution is 2.29. The third-order valence-electron chi connectivity index (χ3n) is 5.35. The van der Waals surface area contributed by atoms with Gasteiger partial charge >= 0.3 is 0 Å². The number of hydrogen-bond acceptors (Lipinski definition) is 5. The Kier molecular flexibility index (Phi) is 6.42. The number of aliphatic hydroxyl groups is 1. The maximum Gasteiger partial charge on any atom is 0.251 e. The van der Waals surface area contributed by atoms with E-state index in [1.807, 2.05) is 73.7 Å². The van der Waals surface area contributed by atoms with E-state index >= 15 is 0 Å². The van der Waals surface area contributed by atoms with Gasteiger partial charge in [0.05, 0.1) is 0 Å². The second-order valence-electron chi connectivity index (χ2n) is 7.71. The van der Waals surface area contributed by atoms with Crippen LogP contribution in [0.15, 0.2) is 71.1 Å². The first-order valence-electron chi connectivity index (χ1n) is 10.5. The summed E-state index contributed by atoms with van der Waals surface area (Å²) in [6, 6.07) is 21.4. The van der Waals surface area contributed by atoms with Gasteiger partial charge in [0.25, 0.3) is 5.91 Å². The largest absolute Gasteiger partial charge is 0.421 e. The Morgan fingerprint density at radius 1 is 0.906 bits per heavy atom. The zero-order valence-electron chi connectivity index (χ0n) is 18.1. The SMILES string of the molecule is Cc1nnc(-c2ccc(C)c(-c3ccc(C(=O)NCc4ccc(CCO)cc4)cc3)c2)o1. The Morgan fingerprint density at radius 3 is 2.25 bits per heavy atom. The summed E-state index contributed by atoms with van der Waals surface area (Å²) in [5.41, 5.74) is 6.73. The zero-order chi connectivity index (χ0) is 22.5. The third kappa shape index (κ3) is 4.92. The lowest BCUT2D eigenvalue weighted by Gasteiger charge is -2.10. The second-order valence-corrected chi connectivity index (χ2v) is 7.71. The van der Waals surface area contributed by atoms with Crippen LogP contribution < -0.4 is 5.32 Å². The van der Waals surface area contributed by atoms with Crippen molar-refractivity contribution in [1.29, 1.82) is 0 Å². The van der Waals surface area contributed by atoms with Crippen LogP contribution in [0.3, 0.4) is 0 Å². The number of aromatic nitrogens is 2. The Hall–Kier alpha value is -3.77. The van der Waals surface area contributed by atoms with Crippen LogP contribution in [0.1, 0.15) is 32.9 Å². The Morgan fingerprint density at radius 2 is 1.59 bits per heavy atom. The molecular formula is C26H25N3O3. The van der Waals surface area contributed by atoms with Crippen LogP contribution in [0.4, 0.5) is 0 Å². The lowest BCUT2D eigenvalue weighted by atomic mass is 9.97. The van der Waals surface area contributed by atoms with Gasteiger partial charge in [-0.25, -0.2) is 0 Å². The van der Waals surface area contributed by atoms with E-state index in [1.54, 1.807) is 6.92 Å². The topological polar surface area (TPSA) is 88.2 Å². The summed E-state index contributed by atoms with van der Waals surface area (Å²) in [5, 5.41) is 19.9. The molecule has 0 spiro atoms. The highest BCUT2D eigenvalue weighted by Gasteiger charge is 2.11. The van der Waals surface area contributed by atoms with Crippen molar-refractivity contribution in [3.05, 3.63) is 94.9 Å². The number of carbonyl (C=O) groups excluding carboxylic acids is 1. The van der Waals surface area contributed by atoms with Crippen molar-refractivity contribution in [1.82, 2.24) is 15.5 Å². The van der Waals surface area contributed by atoms with E-state index in [0.29, 0.717) is 30.3 Å². The number of nitrogens with zero attached hydrogens (tertiary/aromatic N) is 2. The molecule has 0 saturated carbocycles. The minimum Gasteiger partial charge on any atom is -0.421 e. The molecule has 0 saturated heterocycles. The van der Waals surface area contributed by atoms with Crippen molar-refractivity contribution < 1.29 is 14.3 Å². The van der Waals surface area contributed by atoms with E-state index in [2.05, 4.69) is 15.5 Å². The molecule has 0 aliphatic carbocycles. The Bertz CT molecular complexity index is 1210. The van der Waals surface area contributed by atoms with Gasteiger partial charge in [0, 0.05) is 31.2 Å². The molecule has 32 heavy (non-hydrogen) atoms. The average molecular weight is 428 g/mol. The van der Waals surface area contributed by atoms with Gasteiger partial charge in [-0.3, -0.25) is 4.79 Å². The minimum absolute atomic E-state index is 0.122. The summed E-state index contributed by atoms with van der Waals surface area (Å²) in [6.07, 6.45) is 0.635. The van der Waals surface area contributed by atoms with Gasteiger partial charge in [0.2, 0.25) is 11.8 Å². The molecule has 0 atom stereocenters. The summed E-state index contributed by atoms with van der Waals surface area (Å²) in [5.74, 6) is 0.894. The van der Waals surface area contributed by atoms with Crippen molar-refractivity contribution in [3.8, 4) is 22.6 Å². The number of nitrogens with one attached hydrogen (secondary N) is 1. The number of carbonyl (C=O) groups is 1. The van der Waals surface area contributed by atoms with Crippen LogP contribution in [-0.4, -0.2) is 27.8 Å². The number of aliphatic hydroxyl groups excluding tert-OH is 1. The smallest absolute Gasteiger partial charge is 0.251 e. The molecule has 4 aromatic rings. The normalized spacial score (nSPS) is 10.8. The summed E-state index contributed by atoms with van der Waals surface area (Å²) >= 11 is 0. The predicted molar refractivity (Wildman–Crippen MR) is 123 cm³/mol. The quantitative estimate of drug-likeness (QED) is 0.454. The molecule has 4 rings (SSSR count). The molecule has 6 nitrogen and oxygen atoms in total. The second kappa shape index (κ2) is 9.58. The predicted octanol–water partition coefficient (Wildman–Crippen LogP) is 4.49. The fraction of sp³-hybridized carbons (Fsp3) is 0.192. The van der Waals surface area contributed by atoms with E-state index < -0.39 is 0 Å². The van der Waals surface area contributed by atoms with Gasteiger partial charge in [-0.2, -0.15) is 0 Å². The molecule has 0 aliphatic heterocycles. The molecule has 2 N–H and O–H groups in total. The van der Waals surface area contributed by atoms with Crippen molar-refractivity contribution in [2.24, 2.45) is 0 Å². The number of hydrogen-bond donors (Lipinski definition) is 2. The fourth-order valence-electron chi connectivity index (χ4n) is 3.52. The molecule has 1 aromatic heterocycles. The van der Waals surface area contributed by atoms with Crippen LogP contribution in [0.2, 0.25) is 0 Å². The molecule has 0 radical (unpaired) electrons. The first kappa shape index (κ1) is 21.5. The van der Waals surface area contributed by atoms with Gasteiger partial charge in [-0.05, 0) is 65.4 Å². The number of aryl methyl sites for hydroxylation is 2. The molecule has 162 valence electrons. The third-order valence-corrected chi connectivity index (χ3v) is 5.35.